The van der Waals surface area contributed by atoms with Crippen molar-refractivity contribution < 1.29 is 32.4 Å². The predicted octanol–water partition coefficient (Wildman–Crippen LogP) is 1.68. The Morgan fingerprint density at radius 2 is 1.38 bits per heavy atom. The minimum absolute atomic E-state index is 0.0327. The summed E-state index contributed by atoms with van der Waals surface area (Å²) < 4.78 is 25.2. The zero-order chi connectivity index (χ0) is 37.8. The Labute approximate surface area is 310 Å². The molecule has 3 amide bonds. The third kappa shape index (κ3) is 16.0. The smallest absolute Gasteiger partial charge is 0.239 e. The molecule has 0 aliphatic heterocycles. The van der Waals surface area contributed by atoms with E-state index in [0.717, 1.165) is 68.4 Å². The number of unbranched alkanes of at least 4 members (excludes halogenated alkanes) is 4. The van der Waals surface area contributed by atoms with Crippen LogP contribution in [0, 0.1) is 6.92 Å². The maximum Gasteiger partial charge on any atom is 0.239 e. The van der Waals surface area contributed by atoms with Gasteiger partial charge in [0.05, 0.1) is 47.4 Å². The molecule has 0 aliphatic carbocycles. The average Bonchev–Trinajstić information content (AvgIpc) is 3.56. The van der Waals surface area contributed by atoms with Crippen LogP contribution in [0.5, 0.6) is 0 Å². The number of rotatable bonds is 25. The molecule has 3 rings (SSSR count). The van der Waals surface area contributed by atoms with Crippen molar-refractivity contribution in [1.29, 1.82) is 0 Å². The van der Waals surface area contributed by atoms with Gasteiger partial charge in [-0.25, -0.2) is 23.7 Å². The van der Waals surface area contributed by atoms with Gasteiger partial charge in [0.2, 0.25) is 27.7 Å². The van der Waals surface area contributed by atoms with Gasteiger partial charge in [-0.05, 0) is 76.0 Å². The second kappa shape index (κ2) is 22.7. The van der Waals surface area contributed by atoms with Crippen molar-refractivity contribution in [2.45, 2.75) is 63.4 Å². The van der Waals surface area contributed by atoms with Crippen LogP contribution in [0.4, 0.5) is 0 Å². The molecule has 15 nitrogen and oxygen atoms in total. The number of nitrogens with two attached hydrogens (primary N) is 1. The summed E-state index contributed by atoms with van der Waals surface area (Å²) in [5.74, 6) is -1.46. The zero-order valence-electron chi connectivity index (χ0n) is 29.5. The van der Waals surface area contributed by atoms with E-state index in [1.165, 1.54) is 12.1 Å². The maximum absolute atomic E-state index is 12.0. The second-order valence-corrected chi connectivity index (χ2v) is 14.0. The van der Waals surface area contributed by atoms with Crippen molar-refractivity contribution >= 4 is 46.2 Å². The fourth-order valence-electron chi connectivity index (χ4n) is 4.92. The van der Waals surface area contributed by atoms with Crippen molar-refractivity contribution in [1.82, 2.24) is 36.5 Å². The molecule has 284 valence electrons. The Balaban J connectivity index is 1.22. The maximum atomic E-state index is 12.0. The summed E-state index contributed by atoms with van der Waals surface area (Å²) >= 11 is 3.79. The second-order valence-electron chi connectivity index (χ2n) is 12.2. The standard InChI is InChI=1S/C35H50N8O7S2/c1-26-9-11-27(12-10-26)32-20-28(42-43(32)29-13-15-31(16-14-29)52(36,48)49)24-50-41-19-7-3-6-18-37-17-5-2-4-8-30(44)21-38-33(45)22-39-34(46)23-40-35(47)25-51/h9-16,20,37,41,51H,2-8,17-19,21-25H2,1H3,(H,38,45)(H,39,46)(H,40,47)(H2,36,48,49). The van der Waals surface area contributed by atoms with Crippen LogP contribution in [0.1, 0.15) is 56.2 Å². The number of hydrogen-bond donors (Lipinski definition) is 7. The molecule has 1 aromatic heterocycles. The molecule has 7 N–H and O–H groups in total. The van der Waals surface area contributed by atoms with Crippen LogP contribution < -0.4 is 31.9 Å². The van der Waals surface area contributed by atoms with E-state index in [9.17, 15) is 27.6 Å². The number of aryl methyl sites for hydroxylation is 1. The molecule has 3 aromatic rings. The molecule has 52 heavy (non-hydrogen) atoms. The van der Waals surface area contributed by atoms with Crippen LogP contribution in [0.25, 0.3) is 16.9 Å². The van der Waals surface area contributed by atoms with E-state index in [-0.39, 0.29) is 48.6 Å². The quantitative estimate of drug-likeness (QED) is 0.0377. The molecule has 0 fully saturated rings. The van der Waals surface area contributed by atoms with Gasteiger partial charge in [0.1, 0.15) is 6.61 Å². The van der Waals surface area contributed by atoms with Crippen molar-refractivity contribution in [3.05, 3.63) is 65.9 Å². The first-order valence-corrected chi connectivity index (χ1v) is 19.4. The third-order valence-electron chi connectivity index (χ3n) is 7.80. The van der Waals surface area contributed by atoms with Crippen molar-refractivity contribution in [3.8, 4) is 16.9 Å². The summed E-state index contributed by atoms with van der Waals surface area (Å²) in [4.78, 5) is 52.2. The SMILES string of the molecule is Cc1ccc(-c2cc(CONCCCCCNCCCCCC(=O)CNC(=O)CNC(=O)CNC(=O)CS)nn2-c2ccc(S(N)(=O)=O)cc2)cc1. The summed E-state index contributed by atoms with van der Waals surface area (Å²) in [6.07, 6.45) is 5.97. The molecule has 0 aliphatic rings. The molecule has 0 saturated heterocycles. The lowest BCUT2D eigenvalue weighted by Crippen LogP contribution is -2.43. The van der Waals surface area contributed by atoms with Crippen molar-refractivity contribution in [2.75, 3.05) is 45.0 Å². The Hall–Kier alpha value is -4.13. The first-order valence-electron chi connectivity index (χ1n) is 17.2. The van der Waals surface area contributed by atoms with E-state index in [4.69, 9.17) is 15.1 Å². The lowest BCUT2D eigenvalue weighted by atomic mass is 10.1. The Morgan fingerprint density at radius 1 is 0.788 bits per heavy atom. The highest BCUT2D eigenvalue weighted by Gasteiger charge is 2.14. The number of aromatic nitrogens is 2. The highest BCUT2D eigenvalue weighted by molar-refractivity contribution is 7.89. The number of thiol groups is 1. The molecule has 0 spiro atoms. The molecule has 0 unspecified atom stereocenters. The number of carbonyl (C=O) groups excluding carboxylic acids is 4. The Bertz CT molecular complexity index is 1700. The number of hydroxylamine groups is 1. The number of sulfonamides is 1. The highest BCUT2D eigenvalue weighted by Crippen LogP contribution is 2.25. The molecule has 0 bridgehead atoms. The van der Waals surface area contributed by atoms with Gasteiger partial charge < -0.3 is 21.3 Å². The fourth-order valence-corrected chi connectivity index (χ4v) is 5.55. The minimum atomic E-state index is -3.80. The summed E-state index contributed by atoms with van der Waals surface area (Å²) in [6, 6.07) is 16.3. The van der Waals surface area contributed by atoms with Gasteiger partial charge in [0, 0.05) is 18.5 Å². The molecule has 1 heterocycles. The van der Waals surface area contributed by atoms with E-state index in [1.54, 1.807) is 16.8 Å². The summed E-state index contributed by atoms with van der Waals surface area (Å²) in [5.41, 5.74) is 7.37. The molecule has 2 aromatic carbocycles. The lowest BCUT2D eigenvalue weighted by Gasteiger charge is -2.09. The summed E-state index contributed by atoms with van der Waals surface area (Å²) in [5, 5.41) is 20.6. The van der Waals surface area contributed by atoms with Crippen molar-refractivity contribution in [3.63, 3.8) is 0 Å². The van der Waals surface area contributed by atoms with E-state index >= 15 is 0 Å². The van der Waals surface area contributed by atoms with E-state index < -0.39 is 21.8 Å². The zero-order valence-corrected chi connectivity index (χ0v) is 31.2. The number of ketones is 1. The highest BCUT2D eigenvalue weighted by atomic mass is 32.2. The monoisotopic (exact) mass is 758 g/mol. The first kappa shape index (κ1) is 42.3. The van der Waals surface area contributed by atoms with Crippen LogP contribution in [0.15, 0.2) is 59.5 Å². The van der Waals surface area contributed by atoms with Crippen LogP contribution in [0.3, 0.4) is 0 Å². The number of amides is 3. The van der Waals surface area contributed by atoms with Crippen LogP contribution in [0.2, 0.25) is 0 Å². The largest absolute Gasteiger partial charge is 0.347 e. The topological polar surface area (TPSA) is 216 Å². The van der Waals surface area contributed by atoms with E-state index in [2.05, 4.69) is 39.4 Å². The van der Waals surface area contributed by atoms with Crippen molar-refractivity contribution in [2.24, 2.45) is 5.14 Å². The normalized spacial score (nSPS) is 11.3. The molecule has 0 saturated carbocycles. The van der Waals surface area contributed by atoms with Crippen LogP contribution in [-0.4, -0.2) is 86.7 Å². The van der Waals surface area contributed by atoms with Gasteiger partial charge >= 0.3 is 0 Å². The number of nitrogens with one attached hydrogen (secondary N) is 5. The van der Waals surface area contributed by atoms with E-state index in [1.807, 2.05) is 37.3 Å². The summed E-state index contributed by atoms with van der Waals surface area (Å²) in [6.45, 7) is 4.15. The van der Waals surface area contributed by atoms with Gasteiger partial charge in [-0.2, -0.15) is 17.7 Å². The van der Waals surface area contributed by atoms with Gasteiger partial charge in [0.15, 0.2) is 5.78 Å². The third-order valence-corrected chi connectivity index (χ3v) is 9.02. The van der Waals surface area contributed by atoms with Gasteiger partial charge in [-0.15, -0.1) is 0 Å². The van der Waals surface area contributed by atoms with Gasteiger partial charge in [-0.1, -0.05) is 42.7 Å². The summed E-state index contributed by atoms with van der Waals surface area (Å²) in [7, 11) is -3.80. The average molecular weight is 759 g/mol. The molecule has 0 atom stereocenters. The minimum Gasteiger partial charge on any atom is -0.347 e. The molecule has 0 radical (unpaired) electrons. The number of nitrogens with zero attached hydrogens (tertiary/aromatic N) is 2. The number of hydrogen-bond acceptors (Lipinski definition) is 11. The first-order chi connectivity index (χ1) is 25.0. The molecule has 17 heteroatoms. The number of Topliss-reactive ketones (excluding diaryl/α,β-unsaturated/α-hetero) is 1. The number of carbonyl (C=O) groups is 4. The van der Waals surface area contributed by atoms with Gasteiger partial charge in [0.25, 0.3) is 0 Å². The number of primary sulfonamides is 1. The Kier molecular flexibility index (Phi) is 18.5. The van der Waals surface area contributed by atoms with Gasteiger partial charge in [-0.3, -0.25) is 24.0 Å². The Morgan fingerprint density at radius 3 is 2.02 bits per heavy atom. The predicted molar refractivity (Wildman–Crippen MR) is 201 cm³/mol. The fraction of sp³-hybridized carbons (Fsp3) is 0.457. The molecular weight excluding hydrogens is 709 g/mol. The lowest BCUT2D eigenvalue weighted by molar-refractivity contribution is -0.128. The van der Waals surface area contributed by atoms with E-state index in [0.29, 0.717) is 24.3 Å². The molecular formula is C35H50N8O7S2. The van der Waals surface area contributed by atoms with Crippen LogP contribution in [-0.2, 0) is 40.6 Å². The number of benzene rings is 2. The van der Waals surface area contributed by atoms with Crippen LogP contribution >= 0.6 is 12.6 Å².